The number of allylic oxidation sites excluding steroid dienone is 4. The van der Waals surface area contributed by atoms with Gasteiger partial charge >= 0.3 is 0 Å². The fourth-order valence-corrected chi connectivity index (χ4v) is 4.29. The summed E-state index contributed by atoms with van der Waals surface area (Å²) in [5, 5.41) is 9.59. The van der Waals surface area contributed by atoms with E-state index in [4.69, 9.17) is 0 Å². The van der Waals surface area contributed by atoms with Crippen LogP contribution < -0.4 is 0 Å². The third-order valence-electron chi connectivity index (χ3n) is 5.89. The van der Waals surface area contributed by atoms with Gasteiger partial charge in [0.05, 0.1) is 6.61 Å². The highest BCUT2D eigenvalue weighted by Crippen LogP contribution is 2.53. The maximum Gasteiger partial charge on any atom is 0.0641 e. The summed E-state index contributed by atoms with van der Waals surface area (Å²) >= 11 is 0. The second-order valence-corrected chi connectivity index (χ2v) is 7.62. The van der Waals surface area contributed by atoms with Crippen molar-refractivity contribution in [2.24, 2.45) is 17.3 Å². The lowest BCUT2D eigenvalue weighted by Gasteiger charge is -2.33. The summed E-state index contributed by atoms with van der Waals surface area (Å²) in [7, 11) is 0. The molecule has 0 radical (unpaired) electrons. The molecule has 1 N–H and O–H groups in total. The minimum Gasteiger partial charge on any atom is -0.392 e. The van der Waals surface area contributed by atoms with Crippen LogP contribution in [0.5, 0.6) is 0 Å². The number of rotatable bonds is 2. The van der Waals surface area contributed by atoms with E-state index in [1.807, 2.05) is 0 Å². The first-order chi connectivity index (χ1) is 9.96. The van der Waals surface area contributed by atoms with Gasteiger partial charge in [0.25, 0.3) is 0 Å². The molecule has 118 valence electrons. The van der Waals surface area contributed by atoms with Gasteiger partial charge < -0.3 is 5.11 Å². The van der Waals surface area contributed by atoms with Crippen molar-refractivity contribution in [3.63, 3.8) is 0 Å². The molecule has 21 heavy (non-hydrogen) atoms. The maximum atomic E-state index is 9.59. The Balaban J connectivity index is 2.29. The van der Waals surface area contributed by atoms with E-state index in [-0.39, 0.29) is 6.61 Å². The van der Waals surface area contributed by atoms with Crippen LogP contribution in [0.15, 0.2) is 35.5 Å². The first kappa shape index (κ1) is 16.5. The Morgan fingerprint density at radius 2 is 2.14 bits per heavy atom. The molecule has 0 heterocycles. The van der Waals surface area contributed by atoms with Gasteiger partial charge in [0.2, 0.25) is 0 Å². The van der Waals surface area contributed by atoms with E-state index in [1.54, 1.807) is 0 Å². The van der Waals surface area contributed by atoms with Gasteiger partial charge in [-0.2, -0.15) is 0 Å². The molecule has 2 aliphatic carbocycles. The Bertz CT molecular complexity index is 443. The molecule has 3 atom stereocenters. The average Bonchev–Trinajstić information content (AvgIpc) is 2.76. The summed E-state index contributed by atoms with van der Waals surface area (Å²) in [4.78, 5) is 0. The lowest BCUT2D eigenvalue weighted by atomic mass is 9.71. The van der Waals surface area contributed by atoms with Crippen molar-refractivity contribution in [1.82, 2.24) is 0 Å². The Kier molecular flexibility index (Phi) is 5.48. The van der Waals surface area contributed by atoms with Crippen LogP contribution in [0.25, 0.3) is 0 Å². The highest BCUT2D eigenvalue weighted by molar-refractivity contribution is 5.14. The molecule has 0 aliphatic heterocycles. The molecule has 0 bridgehead atoms. The van der Waals surface area contributed by atoms with E-state index < -0.39 is 0 Å². The van der Waals surface area contributed by atoms with Crippen molar-refractivity contribution >= 4 is 0 Å². The minimum atomic E-state index is 0.226. The lowest BCUT2D eigenvalue weighted by molar-refractivity contribution is 0.208. The summed E-state index contributed by atoms with van der Waals surface area (Å²) in [6, 6.07) is 0. The highest BCUT2D eigenvalue weighted by Gasteiger charge is 2.43. The summed E-state index contributed by atoms with van der Waals surface area (Å²) < 4.78 is 0. The Morgan fingerprint density at radius 1 is 1.38 bits per heavy atom. The molecule has 2 rings (SSSR count). The summed E-state index contributed by atoms with van der Waals surface area (Å²) in [6.07, 6.45) is 13.1. The van der Waals surface area contributed by atoms with Gasteiger partial charge in [-0.25, -0.2) is 0 Å². The second kappa shape index (κ2) is 6.96. The first-order valence-corrected chi connectivity index (χ1v) is 8.56. The van der Waals surface area contributed by atoms with Gasteiger partial charge in [-0.1, -0.05) is 36.8 Å². The SMILES string of the molecule is C=C(C)C1CCC2(C)CC=C(C)CCCC(CO)=CCC12. The Labute approximate surface area is 130 Å². The molecule has 0 spiro atoms. The maximum absolute atomic E-state index is 9.59. The van der Waals surface area contributed by atoms with Crippen LogP contribution in [-0.2, 0) is 0 Å². The van der Waals surface area contributed by atoms with Crippen molar-refractivity contribution in [2.45, 2.75) is 65.7 Å². The van der Waals surface area contributed by atoms with Crippen LogP contribution in [0, 0.1) is 17.3 Å². The highest BCUT2D eigenvalue weighted by atomic mass is 16.3. The van der Waals surface area contributed by atoms with E-state index >= 15 is 0 Å². The Morgan fingerprint density at radius 3 is 2.81 bits per heavy atom. The second-order valence-electron chi connectivity index (χ2n) is 7.62. The monoisotopic (exact) mass is 288 g/mol. The van der Waals surface area contributed by atoms with Gasteiger partial charge in [0.15, 0.2) is 0 Å². The summed E-state index contributed by atoms with van der Waals surface area (Å²) in [6.45, 7) is 11.4. The molecule has 1 fully saturated rings. The molecule has 0 amide bonds. The molecule has 3 unspecified atom stereocenters. The molecule has 0 aromatic rings. The van der Waals surface area contributed by atoms with Crippen molar-refractivity contribution in [2.75, 3.05) is 6.61 Å². The molecule has 1 nitrogen and oxygen atoms in total. The van der Waals surface area contributed by atoms with Crippen molar-refractivity contribution in [1.29, 1.82) is 0 Å². The largest absolute Gasteiger partial charge is 0.392 e. The zero-order chi connectivity index (χ0) is 15.5. The van der Waals surface area contributed by atoms with Crippen LogP contribution in [-0.4, -0.2) is 11.7 Å². The molecule has 2 aliphatic rings. The van der Waals surface area contributed by atoms with E-state index in [9.17, 15) is 5.11 Å². The van der Waals surface area contributed by atoms with Crippen molar-refractivity contribution < 1.29 is 5.11 Å². The normalized spacial score (nSPS) is 34.5. The third-order valence-corrected chi connectivity index (χ3v) is 5.89. The van der Waals surface area contributed by atoms with Crippen LogP contribution in [0.2, 0.25) is 0 Å². The van der Waals surface area contributed by atoms with Gasteiger partial charge in [-0.15, -0.1) is 0 Å². The van der Waals surface area contributed by atoms with Gasteiger partial charge in [-0.3, -0.25) is 0 Å². The lowest BCUT2D eigenvalue weighted by Crippen LogP contribution is -2.25. The molecular formula is C20H32O. The molecule has 0 saturated heterocycles. The Hall–Kier alpha value is -0.820. The van der Waals surface area contributed by atoms with Crippen molar-refractivity contribution in [3.05, 3.63) is 35.5 Å². The zero-order valence-electron chi connectivity index (χ0n) is 14.1. The number of hydrogen-bond donors (Lipinski definition) is 1. The van der Waals surface area contributed by atoms with E-state index in [0.717, 1.165) is 12.8 Å². The van der Waals surface area contributed by atoms with E-state index in [1.165, 1.54) is 48.8 Å². The number of fused-ring (bicyclic) bond motifs is 1. The standard InChI is InChI=1S/C20H32O/c1-15(2)18-11-13-20(4)12-10-16(3)6-5-7-17(14-21)8-9-19(18)20/h8,10,18-19,21H,1,5-7,9,11-14H2,2-4H3. The molecule has 0 aromatic heterocycles. The van der Waals surface area contributed by atoms with E-state index in [0.29, 0.717) is 17.3 Å². The predicted octanol–water partition coefficient (Wildman–Crippen LogP) is 5.42. The van der Waals surface area contributed by atoms with Crippen LogP contribution in [0.4, 0.5) is 0 Å². The minimum absolute atomic E-state index is 0.226. The third kappa shape index (κ3) is 3.88. The molecule has 1 heteroatoms. The fourth-order valence-electron chi connectivity index (χ4n) is 4.29. The van der Waals surface area contributed by atoms with Gasteiger partial charge in [0, 0.05) is 0 Å². The topological polar surface area (TPSA) is 20.2 Å². The first-order valence-electron chi connectivity index (χ1n) is 8.56. The smallest absolute Gasteiger partial charge is 0.0641 e. The van der Waals surface area contributed by atoms with Gasteiger partial charge in [0.1, 0.15) is 0 Å². The van der Waals surface area contributed by atoms with Crippen LogP contribution in [0.3, 0.4) is 0 Å². The predicted molar refractivity (Wildman–Crippen MR) is 91.1 cm³/mol. The molecular weight excluding hydrogens is 256 g/mol. The zero-order valence-corrected chi connectivity index (χ0v) is 14.1. The molecule has 0 aromatic carbocycles. The number of aliphatic hydroxyl groups is 1. The van der Waals surface area contributed by atoms with Crippen LogP contribution >= 0.6 is 0 Å². The average molecular weight is 288 g/mol. The summed E-state index contributed by atoms with van der Waals surface area (Å²) in [5.74, 6) is 1.33. The van der Waals surface area contributed by atoms with Crippen molar-refractivity contribution in [3.8, 4) is 0 Å². The van der Waals surface area contributed by atoms with E-state index in [2.05, 4.69) is 39.5 Å². The molecule has 1 saturated carbocycles. The summed E-state index contributed by atoms with van der Waals surface area (Å²) in [5.41, 5.74) is 4.50. The van der Waals surface area contributed by atoms with Gasteiger partial charge in [-0.05, 0) is 81.6 Å². The van der Waals surface area contributed by atoms with Crippen LogP contribution in [0.1, 0.15) is 65.7 Å². The number of aliphatic hydroxyl groups excluding tert-OH is 1. The quantitative estimate of drug-likeness (QED) is 0.672. The fraction of sp³-hybridized carbons (Fsp3) is 0.700. The number of hydrogen-bond acceptors (Lipinski definition) is 1.